The first-order valence-electron chi connectivity index (χ1n) is 11.6. The lowest BCUT2D eigenvalue weighted by Gasteiger charge is -2.34. The Morgan fingerprint density at radius 3 is 2.13 bits per heavy atom. The minimum atomic E-state index is 0.176. The zero-order valence-corrected chi connectivity index (χ0v) is 19.8. The summed E-state index contributed by atoms with van der Waals surface area (Å²) in [5.74, 6) is 0.390. The Labute approximate surface area is 187 Å². The van der Waals surface area contributed by atoms with E-state index < -0.39 is 0 Å². The third-order valence-electron chi connectivity index (χ3n) is 6.45. The molecule has 0 atom stereocenters. The summed E-state index contributed by atoms with van der Waals surface area (Å²) in [5.41, 5.74) is 5.56. The number of Topliss-reactive ketones (excluding diaryl/α,β-unsaturated/α-hetero) is 1. The Bertz CT molecular complexity index is 903. The lowest BCUT2D eigenvalue weighted by Crippen LogP contribution is -2.50. The lowest BCUT2D eigenvalue weighted by atomic mass is 10.1. The number of rotatable bonds is 8. The van der Waals surface area contributed by atoms with Gasteiger partial charge in [0.05, 0.1) is 6.54 Å². The molecule has 1 amide bonds. The summed E-state index contributed by atoms with van der Waals surface area (Å²) in [6.45, 7) is 13.9. The zero-order valence-electron chi connectivity index (χ0n) is 19.8. The standard InChI is InChI=1S/C26H37N3O2/c1-6-22-7-9-23(10-8-22)11-12-26(31)28-15-13-27(14-16-28)18-25(30)24-17-20(4)29(19(2)3)21(24)5/h7-10,17,19H,6,11-16,18H2,1-5H3. The summed E-state index contributed by atoms with van der Waals surface area (Å²) >= 11 is 0. The predicted octanol–water partition coefficient (Wildman–Crippen LogP) is 4.21. The van der Waals surface area contributed by atoms with Gasteiger partial charge in [0.15, 0.2) is 5.78 Å². The highest BCUT2D eigenvalue weighted by Gasteiger charge is 2.24. The number of carbonyl (C=O) groups excluding carboxylic acids is 2. The SMILES string of the molecule is CCc1ccc(CCC(=O)N2CCN(CC(=O)c3cc(C)n(C(C)C)c3C)CC2)cc1. The van der Waals surface area contributed by atoms with Crippen LogP contribution in [0.5, 0.6) is 0 Å². The van der Waals surface area contributed by atoms with Crippen molar-refractivity contribution >= 4 is 11.7 Å². The Morgan fingerprint density at radius 1 is 0.968 bits per heavy atom. The molecule has 1 aromatic carbocycles. The molecule has 2 heterocycles. The smallest absolute Gasteiger partial charge is 0.222 e. The van der Waals surface area contributed by atoms with Crippen molar-refractivity contribution in [2.24, 2.45) is 0 Å². The third kappa shape index (κ3) is 5.65. The van der Waals surface area contributed by atoms with Crippen molar-refractivity contribution in [1.82, 2.24) is 14.4 Å². The molecule has 2 aromatic rings. The maximum atomic E-state index is 12.9. The van der Waals surface area contributed by atoms with Crippen molar-refractivity contribution in [2.45, 2.75) is 59.9 Å². The second kappa shape index (κ2) is 10.3. The van der Waals surface area contributed by atoms with Gasteiger partial charge in [0, 0.05) is 55.6 Å². The van der Waals surface area contributed by atoms with Gasteiger partial charge in [-0.3, -0.25) is 14.5 Å². The predicted molar refractivity (Wildman–Crippen MR) is 126 cm³/mol. The van der Waals surface area contributed by atoms with E-state index in [0.29, 0.717) is 32.1 Å². The van der Waals surface area contributed by atoms with Crippen LogP contribution in [0.3, 0.4) is 0 Å². The van der Waals surface area contributed by atoms with Crippen LogP contribution >= 0.6 is 0 Å². The Kier molecular flexibility index (Phi) is 7.71. The number of hydrogen-bond acceptors (Lipinski definition) is 3. The van der Waals surface area contributed by atoms with E-state index in [1.54, 1.807) is 0 Å². The molecule has 3 rings (SSSR count). The minimum Gasteiger partial charge on any atom is -0.346 e. The highest BCUT2D eigenvalue weighted by Crippen LogP contribution is 2.21. The number of carbonyl (C=O) groups is 2. The molecule has 0 bridgehead atoms. The van der Waals surface area contributed by atoms with E-state index in [1.807, 2.05) is 17.9 Å². The lowest BCUT2D eigenvalue weighted by molar-refractivity contribution is -0.132. The number of nitrogens with zero attached hydrogens (tertiary/aromatic N) is 3. The third-order valence-corrected chi connectivity index (χ3v) is 6.45. The van der Waals surface area contributed by atoms with Gasteiger partial charge in [-0.2, -0.15) is 0 Å². The summed E-state index contributed by atoms with van der Waals surface area (Å²) in [7, 11) is 0. The molecule has 1 fully saturated rings. The molecule has 168 valence electrons. The monoisotopic (exact) mass is 423 g/mol. The van der Waals surface area contributed by atoms with Crippen LogP contribution in [0.4, 0.5) is 0 Å². The van der Waals surface area contributed by atoms with E-state index in [2.05, 4.69) is 61.4 Å². The van der Waals surface area contributed by atoms with Gasteiger partial charge in [0.25, 0.3) is 0 Å². The van der Waals surface area contributed by atoms with Crippen LogP contribution in [0.15, 0.2) is 30.3 Å². The molecule has 31 heavy (non-hydrogen) atoms. The molecule has 1 aliphatic rings. The van der Waals surface area contributed by atoms with Crippen molar-refractivity contribution in [2.75, 3.05) is 32.7 Å². The molecular formula is C26H37N3O2. The maximum Gasteiger partial charge on any atom is 0.222 e. The van der Waals surface area contributed by atoms with Crippen LogP contribution < -0.4 is 0 Å². The van der Waals surface area contributed by atoms with Crippen LogP contribution in [0.25, 0.3) is 0 Å². The van der Waals surface area contributed by atoms with Crippen molar-refractivity contribution in [3.63, 3.8) is 0 Å². The average Bonchev–Trinajstić information content (AvgIpc) is 3.07. The van der Waals surface area contributed by atoms with Crippen molar-refractivity contribution in [3.8, 4) is 0 Å². The fraction of sp³-hybridized carbons (Fsp3) is 0.538. The van der Waals surface area contributed by atoms with Crippen LogP contribution in [-0.4, -0.2) is 58.8 Å². The van der Waals surface area contributed by atoms with E-state index in [9.17, 15) is 9.59 Å². The van der Waals surface area contributed by atoms with Crippen LogP contribution in [0, 0.1) is 13.8 Å². The average molecular weight is 424 g/mol. The van der Waals surface area contributed by atoms with Crippen molar-refractivity contribution in [1.29, 1.82) is 0 Å². The summed E-state index contributed by atoms with van der Waals surface area (Å²) in [6, 6.07) is 10.9. The first-order chi connectivity index (χ1) is 14.8. The quantitative estimate of drug-likeness (QED) is 0.598. The minimum absolute atomic E-state index is 0.176. The number of ketones is 1. The normalized spacial score (nSPS) is 15.0. The molecule has 0 aliphatic carbocycles. The highest BCUT2D eigenvalue weighted by molar-refractivity contribution is 5.99. The fourth-order valence-electron chi connectivity index (χ4n) is 4.65. The van der Waals surface area contributed by atoms with E-state index in [0.717, 1.165) is 42.9 Å². The number of aryl methyl sites for hydroxylation is 3. The van der Waals surface area contributed by atoms with Gasteiger partial charge in [0.2, 0.25) is 5.91 Å². The summed E-state index contributed by atoms with van der Waals surface area (Å²) in [5, 5.41) is 0. The molecule has 0 N–H and O–H groups in total. The molecule has 5 heteroatoms. The first-order valence-corrected chi connectivity index (χ1v) is 11.6. The molecule has 5 nitrogen and oxygen atoms in total. The van der Waals surface area contributed by atoms with Gasteiger partial charge in [-0.05, 0) is 57.7 Å². The van der Waals surface area contributed by atoms with E-state index in [1.165, 1.54) is 11.1 Å². The van der Waals surface area contributed by atoms with Gasteiger partial charge in [-0.15, -0.1) is 0 Å². The topological polar surface area (TPSA) is 45.6 Å². The van der Waals surface area contributed by atoms with E-state index >= 15 is 0 Å². The summed E-state index contributed by atoms with van der Waals surface area (Å²) in [6.07, 6.45) is 2.37. The number of aromatic nitrogens is 1. The summed E-state index contributed by atoms with van der Waals surface area (Å²) in [4.78, 5) is 29.7. The van der Waals surface area contributed by atoms with Crippen LogP contribution in [0.1, 0.15) is 66.1 Å². The molecule has 1 saturated heterocycles. The molecule has 0 spiro atoms. The van der Waals surface area contributed by atoms with Gasteiger partial charge < -0.3 is 9.47 Å². The number of piperazine rings is 1. The second-order valence-electron chi connectivity index (χ2n) is 9.00. The van der Waals surface area contributed by atoms with Crippen LogP contribution in [-0.2, 0) is 17.6 Å². The Morgan fingerprint density at radius 2 is 1.58 bits per heavy atom. The molecule has 1 aliphatic heterocycles. The molecule has 0 unspecified atom stereocenters. The van der Waals surface area contributed by atoms with Gasteiger partial charge in [-0.1, -0.05) is 31.2 Å². The van der Waals surface area contributed by atoms with Gasteiger partial charge >= 0.3 is 0 Å². The van der Waals surface area contributed by atoms with Crippen molar-refractivity contribution in [3.05, 3.63) is 58.4 Å². The van der Waals surface area contributed by atoms with E-state index in [-0.39, 0.29) is 11.7 Å². The Balaban J connectivity index is 1.47. The number of benzene rings is 1. The van der Waals surface area contributed by atoms with Gasteiger partial charge in [0.1, 0.15) is 0 Å². The zero-order chi connectivity index (χ0) is 22.5. The molecule has 1 aromatic heterocycles. The Hall–Kier alpha value is -2.40. The van der Waals surface area contributed by atoms with E-state index in [4.69, 9.17) is 0 Å². The summed E-state index contributed by atoms with van der Waals surface area (Å²) < 4.78 is 2.22. The number of hydrogen-bond donors (Lipinski definition) is 0. The first kappa shape index (κ1) is 23.3. The molecular weight excluding hydrogens is 386 g/mol. The fourth-order valence-corrected chi connectivity index (χ4v) is 4.65. The largest absolute Gasteiger partial charge is 0.346 e. The van der Waals surface area contributed by atoms with Crippen molar-refractivity contribution < 1.29 is 9.59 Å². The maximum absolute atomic E-state index is 12.9. The second-order valence-corrected chi connectivity index (χ2v) is 9.00. The van der Waals surface area contributed by atoms with Gasteiger partial charge in [-0.25, -0.2) is 0 Å². The van der Waals surface area contributed by atoms with Crippen LogP contribution in [0.2, 0.25) is 0 Å². The number of amides is 1. The molecule has 0 saturated carbocycles. The molecule has 0 radical (unpaired) electrons. The highest BCUT2D eigenvalue weighted by atomic mass is 16.2.